The molecule has 2 N–H and O–H groups in total. The molecule has 0 aromatic rings. The molecule has 0 amide bonds. The number of Topliss-reactive ketones (excluding diaryl/α,β-unsaturated/α-hetero) is 1. The predicted molar refractivity (Wildman–Crippen MR) is 71.8 cm³/mol. The van der Waals surface area contributed by atoms with Crippen LogP contribution in [0.4, 0.5) is 0 Å². The van der Waals surface area contributed by atoms with Crippen LogP contribution in [0.1, 0.15) is 40.0 Å². The van der Waals surface area contributed by atoms with Crippen LogP contribution in [0.3, 0.4) is 0 Å². The van der Waals surface area contributed by atoms with E-state index in [1.807, 2.05) is 20.8 Å². The average Bonchev–Trinajstić information content (AvgIpc) is 2.34. The number of hydrogen-bond donors (Lipinski definition) is 2. The molecule has 0 saturated heterocycles. The van der Waals surface area contributed by atoms with Crippen molar-refractivity contribution in [1.29, 1.82) is 0 Å². The third-order valence-electron chi connectivity index (χ3n) is 5.43. The van der Waals surface area contributed by atoms with Gasteiger partial charge in [0.25, 0.3) is 0 Å². The molecular weight excluding hydrogens is 260 g/mol. The van der Waals surface area contributed by atoms with E-state index < -0.39 is 35.3 Å². The van der Waals surface area contributed by atoms with Gasteiger partial charge >= 0.3 is 5.97 Å². The van der Waals surface area contributed by atoms with Gasteiger partial charge in [-0.15, -0.1) is 0 Å². The SMILES string of the molecule is COC(=O)[C@H]1C(=O)[C@H](O)[C@H](O)[C@H]2C(C)(C)CCC[C@]12C. The number of methoxy groups -OCH3 is 1. The number of fused-ring (bicyclic) bond motifs is 1. The molecule has 2 fully saturated rings. The van der Waals surface area contributed by atoms with Crippen molar-refractivity contribution in [2.24, 2.45) is 22.7 Å². The summed E-state index contributed by atoms with van der Waals surface area (Å²) >= 11 is 0. The van der Waals surface area contributed by atoms with E-state index in [1.54, 1.807) is 0 Å². The molecule has 114 valence electrons. The van der Waals surface area contributed by atoms with Gasteiger partial charge in [0, 0.05) is 0 Å². The van der Waals surface area contributed by atoms with Crippen molar-refractivity contribution in [3.05, 3.63) is 0 Å². The summed E-state index contributed by atoms with van der Waals surface area (Å²) in [5.41, 5.74) is -0.898. The molecule has 2 aliphatic rings. The molecule has 2 rings (SSSR count). The summed E-state index contributed by atoms with van der Waals surface area (Å²) in [5, 5.41) is 20.4. The smallest absolute Gasteiger partial charge is 0.316 e. The van der Waals surface area contributed by atoms with Crippen LogP contribution in [0.15, 0.2) is 0 Å². The summed E-state index contributed by atoms with van der Waals surface area (Å²) < 4.78 is 4.77. The van der Waals surface area contributed by atoms with E-state index >= 15 is 0 Å². The van der Waals surface area contributed by atoms with E-state index in [0.717, 1.165) is 12.8 Å². The van der Waals surface area contributed by atoms with Crippen LogP contribution in [-0.4, -0.2) is 41.3 Å². The third-order valence-corrected chi connectivity index (χ3v) is 5.43. The van der Waals surface area contributed by atoms with E-state index in [4.69, 9.17) is 4.74 Å². The number of ether oxygens (including phenoxy) is 1. The Labute approximate surface area is 119 Å². The molecule has 2 saturated carbocycles. The fourth-order valence-electron chi connectivity index (χ4n) is 4.65. The molecule has 0 radical (unpaired) electrons. The van der Waals surface area contributed by atoms with Crippen molar-refractivity contribution in [1.82, 2.24) is 0 Å². The van der Waals surface area contributed by atoms with Crippen LogP contribution in [0.2, 0.25) is 0 Å². The lowest BCUT2D eigenvalue weighted by molar-refractivity contribution is -0.197. The van der Waals surface area contributed by atoms with Crippen molar-refractivity contribution in [3.63, 3.8) is 0 Å². The summed E-state index contributed by atoms with van der Waals surface area (Å²) in [6, 6.07) is 0. The van der Waals surface area contributed by atoms with Gasteiger partial charge in [-0.1, -0.05) is 27.2 Å². The average molecular weight is 284 g/mol. The second-order valence-corrected chi connectivity index (χ2v) is 7.12. The van der Waals surface area contributed by atoms with Crippen LogP contribution in [0.5, 0.6) is 0 Å². The number of aliphatic hydroxyl groups excluding tert-OH is 2. The van der Waals surface area contributed by atoms with Gasteiger partial charge in [-0.05, 0) is 29.6 Å². The fraction of sp³-hybridized carbons (Fsp3) is 0.867. The Hall–Kier alpha value is -0.940. The molecule has 2 aliphatic carbocycles. The lowest BCUT2D eigenvalue weighted by Gasteiger charge is -2.58. The Morgan fingerprint density at radius 2 is 1.85 bits per heavy atom. The highest BCUT2D eigenvalue weighted by Crippen LogP contribution is 2.59. The van der Waals surface area contributed by atoms with Gasteiger partial charge in [-0.2, -0.15) is 0 Å². The van der Waals surface area contributed by atoms with Crippen LogP contribution in [0.25, 0.3) is 0 Å². The molecule has 5 heteroatoms. The van der Waals surface area contributed by atoms with Gasteiger partial charge in [0.2, 0.25) is 0 Å². The van der Waals surface area contributed by atoms with Gasteiger partial charge in [0.15, 0.2) is 5.78 Å². The fourth-order valence-corrected chi connectivity index (χ4v) is 4.65. The Morgan fingerprint density at radius 1 is 1.25 bits per heavy atom. The molecule has 0 unspecified atom stereocenters. The molecule has 0 heterocycles. The first-order valence-electron chi connectivity index (χ1n) is 7.14. The molecule has 0 spiro atoms. The number of hydrogen-bond acceptors (Lipinski definition) is 5. The number of esters is 1. The molecule has 5 nitrogen and oxygen atoms in total. The number of aliphatic hydroxyl groups is 2. The highest BCUT2D eigenvalue weighted by atomic mass is 16.5. The molecule has 0 bridgehead atoms. The van der Waals surface area contributed by atoms with Gasteiger partial charge in [-0.25, -0.2) is 0 Å². The Bertz CT molecular complexity index is 430. The van der Waals surface area contributed by atoms with Gasteiger partial charge in [0.05, 0.1) is 13.2 Å². The van der Waals surface area contributed by atoms with Gasteiger partial charge in [-0.3, -0.25) is 9.59 Å². The Kier molecular flexibility index (Phi) is 3.71. The predicted octanol–water partition coefficient (Wildman–Crippen LogP) is 0.913. The second kappa shape index (κ2) is 4.81. The summed E-state index contributed by atoms with van der Waals surface area (Å²) in [5.74, 6) is -2.51. The Morgan fingerprint density at radius 3 is 2.40 bits per heavy atom. The van der Waals surface area contributed by atoms with Gasteiger partial charge in [0.1, 0.15) is 12.0 Å². The van der Waals surface area contributed by atoms with Crippen molar-refractivity contribution >= 4 is 11.8 Å². The number of rotatable bonds is 1. The summed E-state index contributed by atoms with van der Waals surface area (Å²) in [7, 11) is 1.25. The van der Waals surface area contributed by atoms with E-state index in [9.17, 15) is 19.8 Å². The third kappa shape index (κ3) is 1.99. The van der Waals surface area contributed by atoms with Crippen molar-refractivity contribution in [2.45, 2.75) is 52.2 Å². The maximum Gasteiger partial charge on any atom is 0.316 e. The molecular formula is C15H24O5. The first-order chi connectivity index (χ1) is 9.16. The van der Waals surface area contributed by atoms with E-state index in [-0.39, 0.29) is 11.3 Å². The number of ketones is 1. The summed E-state index contributed by atoms with van der Waals surface area (Å²) in [4.78, 5) is 24.4. The number of carbonyl (C=O) groups is 2. The summed E-state index contributed by atoms with van der Waals surface area (Å²) in [6.07, 6.45) is -0.155. The van der Waals surface area contributed by atoms with Crippen LogP contribution in [-0.2, 0) is 14.3 Å². The topological polar surface area (TPSA) is 83.8 Å². The van der Waals surface area contributed by atoms with Crippen molar-refractivity contribution < 1.29 is 24.5 Å². The molecule has 0 aromatic heterocycles. The maximum absolute atomic E-state index is 12.3. The zero-order chi connectivity index (χ0) is 15.3. The minimum absolute atomic E-state index is 0.236. The van der Waals surface area contributed by atoms with Crippen LogP contribution >= 0.6 is 0 Å². The van der Waals surface area contributed by atoms with E-state index in [2.05, 4.69) is 0 Å². The van der Waals surface area contributed by atoms with Crippen LogP contribution < -0.4 is 0 Å². The lowest BCUT2D eigenvalue weighted by Crippen LogP contribution is -2.65. The van der Waals surface area contributed by atoms with Crippen molar-refractivity contribution in [3.8, 4) is 0 Å². The monoisotopic (exact) mass is 284 g/mol. The second-order valence-electron chi connectivity index (χ2n) is 7.12. The van der Waals surface area contributed by atoms with E-state index in [0.29, 0.717) is 6.42 Å². The van der Waals surface area contributed by atoms with E-state index in [1.165, 1.54) is 7.11 Å². The zero-order valence-corrected chi connectivity index (χ0v) is 12.5. The first kappa shape index (κ1) is 15.4. The van der Waals surface area contributed by atoms with Crippen LogP contribution in [0, 0.1) is 22.7 Å². The largest absolute Gasteiger partial charge is 0.468 e. The Balaban J connectivity index is 2.53. The maximum atomic E-state index is 12.3. The highest BCUT2D eigenvalue weighted by Gasteiger charge is 2.63. The lowest BCUT2D eigenvalue weighted by atomic mass is 9.47. The highest BCUT2D eigenvalue weighted by molar-refractivity contribution is 6.03. The first-order valence-corrected chi connectivity index (χ1v) is 7.14. The molecule has 0 aliphatic heterocycles. The number of carbonyl (C=O) groups excluding carboxylic acids is 2. The minimum Gasteiger partial charge on any atom is -0.468 e. The summed E-state index contributed by atoms with van der Waals surface area (Å²) in [6.45, 7) is 5.91. The quantitative estimate of drug-likeness (QED) is 0.552. The van der Waals surface area contributed by atoms with Crippen molar-refractivity contribution in [2.75, 3.05) is 7.11 Å². The molecule has 0 aromatic carbocycles. The standard InChI is InChI=1S/C15H24O5/c1-14(2)6-5-7-15(3)8(13(19)20-4)9(16)10(17)11(18)12(14)15/h8,10-12,17-18H,5-7H2,1-4H3/t8-,10+,11+,12+,15-/m1/s1. The normalized spacial score (nSPS) is 43.8. The minimum atomic E-state index is -1.51. The molecule has 5 atom stereocenters. The van der Waals surface area contributed by atoms with Gasteiger partial charge < -0.3 is 14.9 Å². The zero-order valence-electron chi connectivity index (χ0n) is 12.5. The molecule has 20 heavy (non-hydrogen) atoms.